The molecular weight excluding hydrogens is 607 g/mol. The molecule has 2 N–H and O–H groups in total. The van der Waals surface area contributed by atoms with E-state index in [1.807, 2.05) is 0 Å². The summed E-state index contributed by atoms with van der Waals surface area (Å²) in [6.07, 6.45) is -9.27. The summed E-state index contributed by atoms with van der Waals surface area (Å²) in [5, 5.41) is 9.48. The van der Waals surface area contributed by atoms with Gasteiger partial charge in [-0.25, -0.2) is 9.07 Å². The molecule has 1 aliphatic heterocycles. The SMILES string of the molecule is CCN1C(=O)C(NC(=O)c2cccc(C(F)(F)F)c2)C(c2ccc(F)cc2)c2c(CNCC(F)(F)F)nn(-c3ccccc3)c21. The summed E-state index contributed by atoms with van der Waals surface area (Å²) in [5.41, 5.74) is -0.212. The van der Waals surface area contributed by atoms with Gasteiger partial charge in [-0.3, -0.25) is 14.5 Å². The largest absolute Gasteiger partial charge is 0.416 e. The molecule has 0 saturated heterocycles. The minimum Gasteiger partial charge on any atom is -0.339 e. The Morgan fingerprint density at radius 1 is 0.933 bits per heavy atom. The number of rotatable bonds is 8. The number of hydrogen-bond donors (Lipinski definition) is 2. The maximum Gasteiger partial charge on any atom is 0.416 e. The van der Waals surface area contributed by atoms with Crippen LogP contribution in [-0.4, -0.2) is 46.9 Å². The maximum absolute atomic E-state index is 14.2. The van der Waals surface area contributed by atoms with Gasteiger partial charge in [0.2, 0.25) is 0 Å². The number of carbonyl (C=O) groups excluding carboxylic acids is 2. The molecule has 3 aromatic carbocycles. The third kappa shape index (κ3) is 6.70. The molecule has 5 rings (SSSR count). The van der Waals surface area contributed by atoms with Crippen LogP contribution in [0.2, 0.25) is 0 Å². The van der Waals surface area contributed by atoms with Crippen LogP contribution in [0.4, 0.5) is 36.6 Å². The fraction of sp³-hybridized carbons (Fsp3) is 0.258. The van der Waals surface area contributed by atoms with E-state index < -0.39 is 54.1 Å². The number of nitrogens with one attached hydrogen (secondary N) is 2. The molecule has 1 aliphatic rings. The molecule has 0 radical (unpaired) electrons. The number of halogens is 7. The van der Waals surface area contributed by atoms with E-state index in [4.69, 9.17) is 0 Å². The zero-order valence-corrected chi connectivity index (χ0v) is 23.6. The fourth-order valence-corrected chi connectivity index (χ4v) is 5.37. The van der Waals surface area contributed by atoms with Gasteiger partial charge in [-0.05, 0) is 55.0 Å². The highest BCUT2D eigenvalue weighted by molar-refractivity contribution is 6.05. The molecule has 0 fully saturated rings. The van der Waals surface area contributed by atoms with E-state index in [2.05, 4.69) is 15.7 Å². The number of para-hydroxylation sites is 1. The van der Waals surface area contributed by atoms with Crippen molar-refractivity contribution in [2.75, 3.05) is 18.0 Å². The van der Waals surface area contributed by atoms with Crippen LogP contribution in [0.15, 0.2) is 78.9 Å². The highest BCUT2D eigenvalue weighted by Crippen LogP contribution is 2.44. The summed E-state index contributed by atoms with van der Waals surface area (Å²) in [6.45, 7) is -0.0337. The van der Waals surface area contributed by atoms with Gasteiger partial charge < -0.3 is 10.6 Å². The van der Waals surface area contributed by atoms with Gasteiger partial charge in [-0.2, -0.15) is 31.4 Å². The lowest BCUT2D eigenvalue weighted by molar-refractivity contribution is -0.137. The summed E-state index contributed by atoms with van der Waals surface area (Å²) >= 11 is 0. The number of aromatic nitrogens is 2. The van der Waals surface area contributed by atoms with E-state index in [1.54, 1.807) is 37.3 Å². The number of nitrogens with zero attached hydrogens (tertiary/aromatic N) is 3. The van der Waals surface area contributed by atoms with Gasteiger partial charge in [0.25, 0.3) is 11.8 Å². The molecule has 2 unspecified atom stereocenters. The smallest absolute Gasteiger partial charge is 0.339 e. The molecule has 0 spiro atoms. The molecule has 236 valence electrons. The van der Waals surface area contributed by atoms with Gasteiger partial charge in [0.05, 0.1) is 23.5 Å². The molecule has 0 aliphatic carbocycles. The molecule has 45 heavy (non-hydrogen) atoms. The molecule has 2 atom stereocenters. The van der Waals surface area contributed by atoms with Crippen LogP contribution >= 0.6 is 0 Å². The monoisotopic (exact) mass is 633 g/mol. The van der Waals surface area contributed by atoms with Gasteiger partial charge in [0, 0.05) is 30.1 Å². The molecule has 0 bridgehead atoms. The zero-order valence-electron chi connectivity index (χ0n) is 23.6. The first-order valence-corrected chi connectivity index (χ1v) is 13.8. The second-order valence-electron chi connectivity index (χ2n) is 10.3. The highest BCUT2D eigenvalue weighted by atomic mass is 19.4. The van der Waals surface area contributed by atoms with E-state index in [0.717, 1.165) is 30.3 Å². The van der Waals surface area contributed by atoms with E-state index in [0.29, 0.717) is 17.3 Å². The van der Waals surface area contributed by atoms with Crippen LogP contribution in [-0.2, 0) is 17.5 Å². The van der Waals surface area contributed by atoms with Gasteiger partial charge >= 0.3 is 12.4 Å². The van der Waals surface area contributed by atoms with Crippen molar-refractivity contribution in [3.63, 3.8) is 0 Å². The minimum atomic E-state index is -4.73. The van der Waals surface area contributed by atoms with Crippen LogP contribution < -0.4 is 15.5 Å². The third-order valence-corrected chi connectivity index (χ3v) is 7.31. The molecule has 2 amide bonds. The summed E-state index contributed by atoms with van der Waals surface area (Å²) in [6, 6.07) is 15.8. The van der Waals surface area contributed by atoms with Crippen molar-refractivity contribution in [1.82, 2.24) is 20.4 Å². The first kappa shape index (κ1) is 31.7. The highest BCUT2D eigenvalue weighted by Gasteiger charge is 2.46. The summed E-state index contributed by atoms with van der Waals surface area (Å²) in [5.74, 6) is -3.11. The Labute approximate surface area is 252 Å². The number of hydrogen-bond acceptors (Lipinski definition) is 4. The molecule has 0 saturated carbocycles. The lowest BCUT2D eigenvalue weighted by Gasteiger charge is -2.38. The van der Waals surface area contributed by atoms with Gasteiger partial charge in [-0.1, -0.05) is 36.4 Å². The Kier molecular flexibility index (Phi) is 8.70. The quantitative estimate of drug-likeness (QED) is 0.234. The predicted molar refractivity (Wildman–Crippen MR) is 150 cm³/mol. The van der Waals surface area contributed by atoms with Crippen molar-refractivity contribution in [3.8, 4) is 5.69 Å². The number of likely N-dealkylation sites (N-methyl/N-ethyl adjacent to an activating group) is 1. The first-order valence-electron chi connectivity index (χ1n) is 13.8. The second kappa shape index (κ2) is 12.3. The Balaban J connectivity index is 1.68. The number of fused-ring (bicyclic) bond motifs is 1. The summed E-state index contributed by atoms with van der Waals surface area (Å²) in [4.78, 5) is 28.9. The van der Waals surface area contributed by atoms with Crippen molar-refractivity contribution in [2.24, 2.45) is 0 Å². The summed E-state index contributed by atoms with van der Waals surface area (Å²) in [7, 11) is 0. The van der Waals surface area contributed by atoms with E-state index in [9.17, 15) is 40.3 Å². The topological polar surface area (TPSA) is 79.3 Å². The van der Waals surface area contributed by atoms with E-state index in [1.165, 1.54) is 21.7 Å². The van der Waals surface area contributed by atoms with Gasteiger partial charge in [0.15, 0.2) is 0 Å². The Morgan fingerprint density at radius 3 is 2.24 bits per heavy atom. The van der Waals surface area contributed by atoms with Crippen LogP contribution in [0.3, 0.4) is 0 Å². The standard InChI is InChI=1S/C31H26F7N5O2/c1-2-42-28-25(23(16-39-17-30(33,34)35)41-43(28)22-9-4-3-5-10-22)24(18-11-13-21(32)14-12-18)26(29(42)45)40-27(44)19-7-6-8-20(15-19)31(36,37)38/h3-15,24,26,39H,2,16-17H2,1H3,(H,40,44). The van der Waals surface area contributed by atoms with E-state index in [-0.39, 0.29) is 35.7 Å². The van der Waals surface area contributed by atoms with Crippen molar-refractivity contribution in [3.05, 3.63) is 113 Å². The lowest BCUT2D eigenvalue weighted by Crippen LogP contribution is -2.55. The van der Waals surface area contributed by atoms with Crippen LogP contribution in [0.25, 0.3) is 5.69 Å². The van der Waals surface area contributed by atoms with Gasteiger partial charge in [-0.15, -0.1) is 0 Å². The average Bonchev–Trinajstić information content (AvgIpc) is 3.36. The zero-order chi connectivity index (χ0) is 32.5. The van der Waals surface area contributed by atoms with E-state index >= 15 is 0 Å². The average molecular weight is 634 g/mol. The fourth-order valence-electron chi connectivity index (χ4n) is 5.37. The minimum absolute atomic E-state index is 0.0475. The van der Waals surface area contributed by atoms with Crippen LogP contribution in [0.5, 0.6) is 0 Å². The number of amides is 2. The summed E-state index contributed by atoms with van der Waals surface area (Å²) < 4.78 is 94.9. The molecule has 7 nitrogen and oxygen atoms in total. The molecule has 4 aromatic rings. The van der Waals surface area contributed by atoms with Crippen molar-refractivity contribution >= 4 is 17.6 Å². The number of anilines is 1. The molecule has 2 heterocycles. The normalized spacial score (nSPS) is 16.9. The van der Waals surface area contributed by atoms with Crippen molar-refractivity contribution in [2.45, 2.75) is 37.8 Å². The van der Waals surface area contributed by atoms with Crippen molar-refractivity contribution in [1.29, 1.82) is 0 Å². The predicted octanol–water partition coefficient (Wildman–Crippen LogP) is 5.98. The van der Waals surface area contributed by atoms with Gasteiger partial charge in [0.1, 0.15) is 17.7 Å². The third-order valence-electron chi connectivity index (χ3n) is 7.31. The number of benzene rings is 3. The lowest BCUT2D eigenvalue weighted by atomic mass is 9.80. The number of alkyl halides is 6. The molecular formula is C31H26F7N5O2. The number of carbonyl (C=O) groups is 2. The maximum atomic E-state index is 14.2. The second-order valence-corrected chi connectivity index (χ2v) is 10.3. The molecule has 1 aromatic heterocycles. The first-order chi connectivity index (χ1) is 21.3. The Bertz CT molecular complexity index is 1690. The van der Waals surface area contributed by atoms with Crippen molar-refractivity contribution < 1.29 is 40.3 Å². The molecule has 14 heteroatoms. The van der Waals surface area contributed by atoms with Crippen LogP contribution in [0, 0.1) is 5.82 Å². The Morgan fingerprint density at radius 2 is 1.62 bits per heavy atom. The van der Waals surface area contributed by atoms with Crippen LogP contribution in [0.1, 0.15) is 45.6 Å². The Hall–Kier alpha value is -4.72.